The molecule has 1 aromatic heterocycles. The fourth-order valence-electron chi connectivity index (χ4n) is 3.33. The summed E-state index contributed by atoms with van der Waals surface area (Å²) in [7, 11) is 0. The summed E-state index contributed by atoms with van der Waals surface area (Å²) in [5.74, 6) is 0.982. The van der Waals surface area contributed by atoms with E-state index < -0.39 is 10.8 Å². The highest BCUT2D eigenvalue weighted by molar-refractivity contribution is 5.96. The van der Waals surface area contributed by atoms with Gasteiger partial charge in [-0.1, -0.05) is 19.9 Å². The Hall–Kier alpha value is -3.60. The molecule has 11 heteroatoms. The van der Waals surface area contributed by atoms with Gasteiger partial charge in [0.05, 0.1) is 11.5 Å². The van der Waals surface area contributed by atoms with Crippen LogP contribution in [-0.4, -0.2) is 64.3 Å². The van der Waals surface area contributed by atoms with Crippen LogP contribution in [0.5, 0.6) is 0 Å². The van der Waals surface area contributed by atoms with Crippen LogP contribution in [0.25, 0.3) is 0 Å². The number of hydrazine groups is 1. The van der Waals surface area contributed by atoms with Crippen molar-refractivity contribution in [2.75, 3.05) is 37.6 Å². The number of nitro groups is 1. The molecule has 0 saturated carbocycles. The van der Waals surface area contributed by atoms with Gasteiger partial charge in [-0.15, -0.1) is 0 Å². The van der Waals surface area contributed by atoms with Gasteiger partial charge in [0.15, 0.2) is 0 Å². The van der Waals surface area contributed by atoms with E-state index in [-0.39, 0.29) is 29.6 Å². The van der Waals surface area contributed by atoms with E-state index in [1.807, 2.05) is 17.9 Å². The molecule has 1 fully saturated rings. The van der Waals surface area contributed by atoms with Crippen LogP contribution in [0.1, 0.15) is 41.6 Å². The highest BCUT2D eigenvalue weighted by atomic mass is 16.6. The number of amides is 2. The molecular weight excluding hydrogens is 414 g/mol. The number of hydrogen-bond donors (Lipinski definition) is 2. The third-order valence-electron chi connectivity index (χ3n) is 5.07. The molecule has 1 saturated heterocycles. The molecule has 2 heterocycles. The SMILES string of the molecule is Cc1cc(N2CCN(CC(=O)NNC(=O)c3cccc([N+](=O)[O-])c3)CC2)nc(C(C)C)n1. The van der Waals surface area contributed by atoms with Crippen molar-refractivity contribution in [1.29, 1.82) is 0 Å². The summed E-state index contributed by atoms with van der Waals surface area (Å²) in [5.41, 5.74) is 5.49. The minimum absolute atomic E-state index is 0.0917. The predicted molar refractivity (Wildman–Crippen MR) is 118 cm³/mol. The van der Waals surface area contributed by atoms with Crippen LogP contribution >= 0.6 is 0 Å². The smallest absolute Gasteiger partial charge is 0.270 e. The van der Waals surface area contributed by atoms with E-state index in [0.717, 1.165) is 36.5 Å². The molecule has 1 aliphatic rings. The Kier molecular flexibility index (Phi) is 7.31. The molecule has 0 radical (unpaired) electrons. The molecular formula is C21H27N7O4. The van der Waals surface area contributed by atoms with Crippen molar-refractivity contribution in [2.45, 2.75) is 26.7 Å². The molecule has 11 nitrogen and oxygen atoms in total. The summed E-state index contributed by atoms with van der Waals surface area (Å²) >= 11 is 0. The number of piperazine rings is 1. The zero-order valence-corrected chi connectivity index (χ0v) is 18.4. The number of nitrogens with zero attached hydrogens (tertiary/aromatic N) is 5. The summed E-state index contributed by atoms with van der Waals surface area (Å²) in [6.45, 7) is 9.00. The monoisotopic (exact) mass is 441 g/mol. The van der Waals surface area contributed by atoms with E-state index in [1.54, 1.807) is 0 Å². The first kappa shape index (κ1) is 23.1. The molecule has 3 rings (SSSR count). The van der Waals surface area contributed by atoms with E-state index >= 15 is 0 Å². The molecule has 32 heavy (non-hydrogen) atoms. The lowest BCUT2D eigenvalue weighted by molar-refractivity contribution is -0.384. The number of rotatable bonds is 6. The van der Waals surface area contributed by atoms with E-state index in [2.05, 4.69) is 39.6 Å². The molecule has 1 aromatic carbocycles. The Bertz CT molecular complexity index is 1000. The van der Waals surface area contributed by atoms with E-state index in [4.69, 9.17) is 0 Å². The molecule has 0 spiro atoms. The normalized spacial score (nSPS) is 14.3. The number of non-ortho nitro benzene ring substituents is 1. The van der Waals surface area contributed by atoms with Crippen molar-refractivity contribution in [3.05, 3.63) is 57.5 Å². The molecule has 0 bridgehead atoms. The maximum absolute atomic E-state index is 12.2. The molecule has 2 N–H and O–H groups in total. The van der Waals surface area contributed by atoms with Crippen molar-refractivity contribution < 1.29 is 14.5 Å². The molecule has 1 aliphatic heterocycles. The maximum Gasteiger partial charge on any atom is 0.270 e. The lowest BCUT2D eigenvalue weighted by Crippen LogP contribution is -2.52. The number of nitro benzene ring substituents is 1. The summed E-state index contributed by atoms with van der Waals surface area (Å²) in [5, 5.41) is 10.8. The van der Waals surface area contributed by atoms with Gasteiger partial charge in [-0.25, -0.2) is 9.97 Å². The maximum atomic E-state index is 12.2. The van der Waals surface area contributed by atoms with Crippen LogP contribution in [0.2, 0.25) is 0 Å². The van der Waals surface area contributed by atoms with E-state index in [9.17, 15) is 19.7 Å². The minimum Gasteiger partial charge on any atom is -0.354 e. The summed E-state index contributed by atoms with van der Waals surface area (Å²) in [4.78, 5) is 47.9. The van der Waals surface area contributed by atoms with E-state index in [1.165, 1.54) is 18.2 Å². The Morgan fingerprint density at radius 1 is 1.12 bits per heavy atom. The first-order chi connectivity index (χ1) is 15.2. The number of aromatic nitrogens is 2. The van der Waals surface area contributed by atoms with E-state index in [0.29, 0.717) is 13.1 Å². The van der Waals surface area contributed by atoms with Crippen LogP contribution < -0.4 is 15.8 Å². The topological polar surface area (TPSA) is 134 Å². The third kappa shape index (κ3) is 5.97. The number of aryl methyl sites for hydroxylation is 1. The highest BCUT2D eigenvalue weighted by Crippen LogP contribution is 2.18. The van der Waals surface area contributed by atoms with Gasteiger partial charge in [0, 0.05) is 61.6 Å². The van der Waals surface area contributed by atoms with Crippen LogP contribution in [-0.2, 0) is 4.79 Å². The first-order valence-electron chi connectivity index (χ1n) is 10.4. The minimum atomic E-state index is -0.619. The fourth-order valence-corrected chi connectivity index (χ4v) is 3.33. The molecule has 2 amide bonds. The van der Waals surface area contributed by atoms with Crippen LogP contribution in [0.3, 0.4) is 0 Å². The number of carbonyl (C=O) groups excluding carboxylic acids is 2. The average Bonchev–Trinajstić information content (AvgIpc) is 2.77. The molecule has 2 aromatic rings. The largest absolute Gasteiger partial charge is 0.354 e. The van der Waals surface area contributed by atoms with Crippen molar-refractivity contribution in [2.24, 2.45) is 0 Å². The number of anilines is 1. The number of benzene rings is 1. The van der Waals surface area contributed by atoms with Crippen molar-refractivity contribution in [3.63, 3.8) is 0 Å². The van der Waals surface area contributed by atoms with Crippen molar-refractivity contribution in [3.8, 4) is 0 Å². The Morgan fingerprint density at radius 3 is 2.50 bits per heavy atom. The summed E-state index contributed by atoms with van der Waals surface area (Å²) < 4.78 is 0. The molecule has 0 unspecified atom stereocenters. The quantitative estimate of drug-likeness (QED) is 0.508. The second-order valence-corrected chi connectivity index (χ2v) is 7.95. The van der Waals surface area contributed by atoms with Crippen molar-refractivity contribution >= 4 is 23.3 Å². The van der Waals surface area contributed by atoms with Crippen LogP contribution in [0.15, 0.2) is 30.3 Å². The lowest BCUT2D eigenvalue weighted by atomic mass is 10.2. The predicted octanol–water partition coefficient (Wildman–Crippen LogP) is 1.40. The average molecular weight is 441 g/mol. The Balaban J connectivity index is 1.47. The van der Waals surface area contributed by atoms with Gasteiger partial charge in [0.1, 0.15) is 11.6 Å². The summed E-state index contributed by atoms with van der Waals surface area (Å²) in [6.07, 6.45) is 0. The lowest BCUT2D eigenvalue weighted by Gasteiger charge is -2.35. The summed E-state index contributed by atoms with van der Waals surface area (Å²) in [6, 6.07) is 7.27. The zero-order chi connectivity index (χ0) is 23.3. The Labute approximate surface area is 186 Å². The second-order valence-electron chi connectivity index (χ2n) is 7.95. The Morgan fingerprint density at radius 2 is 1.84 bits per heavy atom. The number of nitrogens with one attached hydrogen (secondary N) is 2. The zero-order valence-electron chi connectivity index (χ0n) is 18.4. The second kappa shape index (κ2) is 10.1. The molecule has 0 aliphatic carbocycles. The van der Waals surface area contributed by atoms with Gasteiger partial charge in [0.2, 0.25) is 0 Å². The van der Waals surface area contributed by atoms with Gasteiger partial charge >= 0.3 is 0 Å². The standard InChI is InChI=1S/C21H27N7O4/c1-14(2)20-22-15(3)11-18(23-20)27-9-7-26(8-10-27)13-19(29)24-25-21(30)16-5-4-6-17(12-16)28(31)32/h4-6,11-12,14H,7-10,13H2,1-3H3,(H,24,29)(H,25,30). The van der Waals surface area contributed by atoms with Crippen molar-refractivity contribution in [1.82, 2.24) is 25.7 Å². The van der Waals surface area contributed by atoms with Gasteiger partial charge in [0.25, 0.3) is 17.5 Å². The van der Waals surface area contributed by atoms with Gasteiger partial charge in [-0.3, -0.25) is 35.5 Å². The first-order valence-corrected chi connectivity index (χ1v) is 10.4. The highest BCUT2D eigenvalue weighted by Gasteiger charge is 2.21. The number of hydrogen-bond acceptors (Lipinski definition) is 8. The van der Waals surface area contributed by atoms with Crippen LogP contribution in [0.4, 0.5) is 11.5 Å². The van der Waals surface area contributed by atoms with Crippen LogP contribution in [0, 0.1) is 17.0 Å². The van der Waals surface area contributed by atoms with Gasteiger partial charge < -0.3 is 4.90 Å². The number of carbonyl (C=O) groups is 2. The van der Waals surface area contributed by atoms with Gasteiger partial charge in [-0.2, -0.15) is 0 Å². The third-order valence-corrected chi connectivity index (χ3v) is 5.07. The molecule has 0 atom stereocenters. The van der Waals surface area contributed by atoms with Gasteiger partial charge in [-0.05, 0) is 13.0 Å². The fraction of sp³-hybridized carbons (Fsp3) is 0.429. The molecule has 170 valence electrons.